The van der Waals surface area contributed by atoms with E-state index in [0.717, 1.165) is 11.1 Å². The van der Waals surface area contributed by atoms with Crippen molar-refractivity contribution in [3.05, 3.63) is 52.7 Å². The third-order valence-corrected chi connectivity index (χ3v) is 4.05. The summed E-state index contributed by atoms with van der Waals surface area (Å²) in [6, 6.07) is 11.7. The first-order valence-corrected chi connectivity index (χ1v) is 8.26. The Morgan fingerprint density at radius 3 is 2.79 bits per heavy atom. The van der Waals surface area contributed by atoms with Gasteiger partial charge in [0.15, 0.2) is 0 Å². The fourth-order valence-electron chi connectivity index (χ4n) is 2.31. The van der Waals surface area contributed by atoms with Crippen LogP contribution in [0.4, 0.5) is 0 Å². The van der Waals surface area contributed by atoms with Gasteiger partial charge in [0.05, 0.1) is 19.8 Å². The predicted octanol–water partition coefficient (Wildman–Crippen LogP) is 3.42. The third kappa shape index (κ3) is 4.60. The zero-order valence-electron chi connectivity index (χ0n) is 13.5. The molecule has 2 aromatic rings. The SMILES string of the molecule is Cc1c(OCc2ccccc2)cc(OC[C@@H]2COCCO2)nc1Cl. The van der Waals surface area contributed by atoms with Crippen LogP contribution in [0.1, 0.15) is 11.1 Å². The van der Waals surface area contributed by atoms with Crippen molar-refractivity contribution in [2.24, 2.45) is 0 Å². The molecular formula is C18H20ClNO4. The summed E-state index contributed by atoms with van der Waals surface area (Å²) >= 11 is 6.20. The molecule has 0 bridgehead atoms. The van der Waals surface area contributed by atoms with Gasteiger partial charge in [0, 0.05) is 11.6 Å². The predicted molar refractivity (Wildman–Crippen MR) is 90.8 cm³/mol. The molecule has 0 saturated carbocycles. The molecular weight excluding hydrogens is 330 g/mol. The first kappa shape index (κ1) is 17.0. The Labute approximate surface area is 146 Å². The maximum atomic E-state index is 6.20. The van der Waals surface area contributed by atoms with Gasteiger partial charge in [-0.2, -0.15) is 0 Å². The van der Waals surface area contributed by atoms with Crippen molar-refractivity contribution in [3.63, 3.8) is 0 Å². The lowest BCUT2D eigenvalue weighted by atomic mass is 10.2. The van der Waals surface area contributed by atoms with Crippen LogP contribution in [0.5, 0.6) is 11.6 Å². The molecule has 0 spiro atoms. The van der Waals surface area contributed by atoms with E-state index in [1.165, 1.54) is 0 Å². The number of pyridine rings is 1. The van der Waals surface area contributed by atoms with E-state index in [1.807, 2.05) is 37.3 Å². The average Bonchev–Trinajstić information content (AvgIpc) is 2.63. The molecule has 6 heteroatoms. The Kier molecular flexibility index (Phi) is 5.91. The summed E-state index contributed by atoms with van der Waals surface area (Å²) < 4.78 is 22.5. The van der Waals surface area contributed by atoms with E-state index in [-0.39, 0.29) is 6.10 Å². The summed E-state index contributed by atoms with van der Waals surface area (Å²) in [4.78, 5) is 4.24. The highest BCUT2D eigenvalue weighted by atomic mass is 35.5. The average molecular weight is 350 g/mol. The largest absolute Gasteiger partial charge is 0.488 e. The lowest BCUT2D eigenvalue weighted by molar-refractivity contribution is -0.102. The van der Waals surface area contributed by atoms with E-state index in [0.29, 0.717) is 49.8 Å². The lowest BCUT2D eigenvalue weighted by Crippen LogP contribution is -2.33. The zero-order chi connectivity index (χ0) is 16.8. The van der Waals surface area contributed by atoms with Gasteiger partial charge < -0.3 is 18.9 Å². The highest BCUT2D eigenvalue weighted by Gasteiger charge is 2.16. The topological polar surface area (TPSA) is 49.8 Å². The molecule has 128 valence electrons. The molecule has 1 atom stereocenters. The molecule has 1 aromatic heterocycles. The molecule has 1 fully saturated rings. The number of nitrogens with zero attached hydrogens (tertiary/aromatic N) is 1. The molecule has 5 nitrogen and oxygen atoms in total. The summed E-state index contributed by atoms with van der Waals surface area (Å²) in [6.07, 6.45) is -0.0886. The Morgan fingerprint density at radius 1 is 1.21 bits per heavy atom. The van der Waals surface area contributed by atoms with Gasteiger partial charge in [-0.05, 0) is 12.5 Å². The van der Waals surface area contributed by atoms with E-state index < -0.39 is 0 Å². The van der Waals surface area contributed by atoms with Gasteiger partial charge in [-0.15, -0.1) is 0 Å². The number of benzene rings is 1. The van der Waals surface area contributed by atoms with Gasteiger partial charge in [-0.25, -0.2) is 4.98 Å². The van der Waals surface area contributed by atoms with Crippen molar-refractivity contribution in [1.29, 1.82) is 0 Å². The van der Waals surface area contributed by atoms with Gasteiger partial charge in [0.2, 0.25) is 5.88 Å². The van der Waals surface area contributed by atoms with Crippen LogP contribution in [0, 0.1) is 6.92 Å². The molecule has 0 radical (unpaired) electrons. The second kappa shape index (κ2) is 8.33. The van der Waals surface area contributed by atoms with Crippen molar-refractivity contribution in [1.82, 2.24) is 4.98 Å². The maximum absolute atomic E-state index is 6.20. The lowest BCUT2D eigenvalue weighted by Gasteiger charge is -2.23. The molecule has 0 aliphatic carbocycles. The summed E-state index contributed by atoms with van der Waals surface area (Å²) in [7, 11) is 0. The van der Waals surface area contributed by atoms with Crippen LogP contribution in [-0.4, -0.2) is 37.5 Å². The molecule has 0 N–H and O–H groups in total. The summed E-state index contributed by atoms with van der Waals surface area (Å²) in [5, 5.41) is 0.372. The second-order valence-electron chi connectivity index (χ2n) is 5.53. The monoisotopic (exact) mass is 349 g/mol. The van der Waals surface area contributed by atoms with Gasteiger partial charge in [0.25, 0.3) is 0 Å². The number of rotatable bonds is 6. The number of hydrogen-bond donors (Lipinski definition) is 0. The van der Waals surface area contributed by atoms with E-state index in [1.54, 1.807) is 6.07 Å². The fourth-order valence-corrected chi connectivity index (χ4v) is 2.48. The Bertz CT molecular complexity index is 660. The second-order valence-corrected chi connectivity index (χ2v) is 5.89. The molecule has 3 rings (SSSR count). The van der Waals surface area contributed by atoms with Gasteiger partial charge in [0.1, 0.15) is 30.2 Å². The minimum absolute atomic E-state index is 0.0886. The molecule has 0 amide bonds. The van der Waals surface area contributed by atoms with Crippen LogP contribution < -0.4 is 9.47 Å². The first-order valence-electron chi connectivity index (χ1n) is 7.88. The molecule has 2 heterocycles. The zero-order valence-corrected chi connectivity index (χ0v) is 14.3. The standard InChI is InChI=1S/C18H20ClNO4/c1-13-16(23-10-14-5-3-2-4-6-14)9-17(20-18(13)19)24-12-15-11-21-7-8-22-15/h2-6,9,15H,7-8,10-12H2,1H3/t15-/m0/s1. The first-order chi connectivity index (χ1) is 11.7. The summed E-state index contributed by atoms with van der Waals surface area (Å²) in [5.74, 6) is 1.08. The summed E-state index contributed by atoms with van der Waals surface area (Å²) in [6.45, 7) is 4.43. The van der Waals surface area contributed by atoms with Crippen LogP contribution in [0.15, 0.2) is 36.4 Å². The maximum Gasteiger partial charge on any atom is 0.218 e. The minimum atomic E-state index is -0.0886. The van der Waals surface area contributed by atoms with E-state index in [9.17, 15) is 0 Å². The fraction of sp³-hybridized carbons (Fsp3) is 0.389. The van der Waals surface area contributed by atoms with Crippen molar-refractivity contribution in [2.75, 3.05) is 26.4 Å². The third-order valence-electron chi connectivity index (χ3n) is 3.68. The van der Waals surface area contributed by atoms with Crippen LogP contribution in [0.2, 0.25) is 5.15 Å². The molecule has 24 heavy (non-hydrogen) atoms. The van der Waals surface area contributed by atoms with Gasteiger partial charge in [-0.1, -0.05) is 41.9 Å². The quantitative estimate of drug-likeness (QED) is 0.748. The van der Waals surface area contributed by atoms with Gasteiger partial charge in [-0.3, -0.25) is 0 Å². The smallest absolute Gasteiger partial charge is 0.218 e. The Balaban J connectivity index is 1.64. The van der Waals surface area contributed by atoms with Crippen molar-refractivity contribution >= 4 is 11.6 Å². The van der Waals surface area contributed by atoms with E-state index in [2.05, 4.69) is 4.98 Å². The number of halogens is 1. The Morgan fingerprint density at radius 2 is 2.04 bits per heavy atom. The van der Waals surface area contributed by atoms with Crippen molar-refractivity contribution in [2.45, 2.75) is 19.6 Å². The minimum Gasteiger partial charge on any atom is -0.488 e. The summed E-state index contributed by atoms with van der Waals surface area (Å²) in [5.41, 5.74) is 1.87. The van der Waals surface area contributed by atoms with E-state index >= 15 is 0 Å². The van der Waals surface area contributed by atoms with Crippen LogP contribution in [-0.2, 0) is 16.1 Å². The molecule has 1 aliphatic heterocycles. The van der Waals surface area contributed by atoms with Crippen LogP contribution in [0.25, 0.3) is 0 Å². The molecule has 1 aromatic carbocycles. The Hall–Kier alpha value is -1.82. The van der Waals surface area contributed by atoms with E-state index in [4.69, 9.17) is 30.5 Å². The van der Waals surface area contributed by atoms with Crippen molar-refractivity contribution < 1.29 is 18.9 Å². The highest BCUT2D eigenvalue weighted by molar-refractivity contribution is 6.30. The van der Waals surface area contributed by atoms with Crippen molar-refractivity contribution in [3.8, 4) is 11.6 Å². The highest BCUT2D eigenvalue weighted by Crippen LogP contribution is 2.29. The van der Waals surface area contributed by atoms with Crippen LogP contribution in [0.3, 0.4) is 0 Å². The molecule has 1 saturated heterocycles. The number of aromatic nitrogens is 1. The van der Waals surface area contributed by atoms with Gasteiger partial charge >= 0.3 is 0 Å². The normalized spacial score (nSPS) is 17.5. The van der Waals surface area contributed by atoms with Crippen LogP contribution >= 0.6 is 11.6 Å². The molecule has 1 aliphatic rings. The number of ether oxygens (including phenoxy) is 4. The molecule has 0 unspecified atom stereocenters. The number of hydrogen-bond acceptors (Lipinski definition) is 5.